The lowest BCUT2D eigenvalue weighted by Gasteiger charge is -2.28. The molecule has 230 valence electrons. The molecule has 3 rings (SSSR count). The summed E-state index contributed by atoms with van der Waals surface area (Å²) in [5.41, 5.74) is 14.0. The highest BCUT2D eigenvalue weighted by molar-refractivity contribution is 5.95. The van der Waals surface area contributed by atoms with Gasteiger partial charge in [0.2, 0.25) is 23.6 Å². The van der Waals surface area contributed by atoms with Gasteiger partial charge in [0, 0.05) is 29.9 Å². The van der Waals surface area contributed by atoms with Crippen molar-refractivity contribution >= 4 is 40.5 Å². The number of aromatic amines is 1. The number of aromatic nitrogens is 1. The predicted octanol–water partition coefficient (Wildman–Crippen LogP) is 1.13. The Hall–Kier alpha value is -4.71. The number of carboxylic acid groups (broad SMARTS) is 1. The lowest BCUT2D eigenvalue weighted by molar-refractivity contribution is -0.143. The molecule has 0 aliphatic carbocycles. The SMILES string of the molecule is CCC(C)C(NC(=O)C(Cc1ccccc1)NC(=O)C(N)Cc1c[nH]c2ccccc12)C(=O)NC(CCC(N)=O)C(=O)O. The summed E-state index contributed by atoms with van der Waals surface area (Å²) in [5, 5.41) is 18.4. The molecule has 5 unspecified atom stereocenters. The Morgan fingerprint density at radius 3 is 2.16 bits per heavy atom. The summed E-state index contributed by atoms with van der Waals surface area (Å²) in [6.07, 6.45) is 2.22. The van der Waals surface area contributed by atoms with Crippen LogP contribution in [0.1, 0.15) is 44.2 Å². The topological polar surface area (TPSA) is 209 Å². The summed E-state index contributed by atoms with van der Waals surface area (Å²) in [7, 11) is 0. The molecule has 1 heterocycles. The van der Waals surface area contributed by atoms with Crippen LogP contribution in [-0.2, 0) is 36.8 Å². The first-order valence-corrected chi connectivity index (χ1v) is 14.3. The molecular formula is C31H40N6O6. The molecule has 0 radical (unpaired) electrons. The number of rotatable bonds is 16. The van der Waals surface area contributed by atoms with Gasteiger partial charge >= 0.3 is 5.97 Å². The van der Waals surface area contributed by atoms with Crippen LogP contribution in [0.5, 0.6) is 0 Å². The van der Waals surface area contributed by atoms with Crippen molar-refractivity contribution in [3.8, 4) is 0 Å². The normalized spacial score (nSPS) is 14.6. The average Bonchev–Trinajstić information content (AvgIpc) is 3.39. The molecule has 0 aliphatic heterocycles. The van der Waals surface area contributed by atoms with Crippen molar-refractivity contribution in [2.45, 2.75) is 70.1 Å². The van der Waals surface area contributed by atoms with Crippen LogP contribution in [0.25, 0.3) is 10.9 Å². The van der Waals surface area contributed by atoms with E-state index in [4.69, 9.17) is 11.5 Å². The third-order valence-corrected chi connectivity index (χ3v) is 7.45. The van der Waals surface area contributed by atoms with Gasteiger partial charge in [0.05, 0.1) is 6.04 Å². The predicted molar refractivity (Wildman–Crippen MR) is 161 cm³/mol. The van der Waals surface area contributed by atoms with Gasteiger partial charge in [-0.05, 0) is 36.0 Å². The number of benzene rings is 2. The number of fused-ring (bicyclic) bond motifs is 1. The Balaban J connectivity index is 1.77. The van der Waals surface area contributed by atoms with Crippen molar-refractivity contribution in [2.24, 2.45) is 17.4 Å². The van der Waals surface area contributed by atoms with Crippen LogP contribution < -0.4 is 27.4 Å². The van der Waals surface area contributed by atoms with Gasteiger partial charge in [-0.15, -0.1) is 0 Å². The first-order valence-electron chi connectivity index (χ1n) is 14.3. The van der Waals surface area contributed by atoms with E-state index in [0.29, 0.717) is 6.42 Å². The minimum atomic E-state index is -1.37. The highest BCUT2D eigenvalue weighted by atomic mass is 16.4. The number of H-pyrrole nitrogens is 1. The first kappa shape index (κ1) is 32.8. The maximum Gasteiger partial charge on any atom is 0.326 e. The molecule has 1 aromatic heterocycles. The minimum Gasteiger partial charge on any atom is -0.480 e. The van der Waals surface area contributed by atoms with Crippen LogP contribution in [0.3, 0.4) is 0 Å². The van der Waals surface area contributed by atoms with Crippen LogP contribution in [0.15, 0.2) is 60.8 Å². The first-order chi connectivity index (χ1) is 20.5. The maximum absolute atomic E-state index is 13.6. The summed E-state index contributed by atoms with van der Waals surface area (Å²) in [6, 6.07) is 12.2. The van der Waals surface area contributed by atoms with Crippen LogP contribution in [-0.4, -0.2) is 63.9 Å². The van der Waals surface area contributed by atoms with Crippen LogP contribution >= 0.6 is 0 Å². The molecule has 12 nitrogen and oxygen atoms in total. The number of hydrogen-bond donors (Lipinski definition) is 7. The third-order valence-electron chi connectivity index (χ3n) is 7.45. The average molecular weight is 593 g/mol. The minimum absolute atomic E-state index is 0.128. The van der Waals surface area contributed by atoms with Crippen LogP contribution in [0.4, 0.5) is 0 Å². The van der Waals surface area contributed by atoms with Gasteiger partial charge in [-0.3, -0.25) is 19.2 Å². The Bertz CT molecular complexity index is 1420. The zero-order valence-electron chi connectivity index (χ0n) is 24.3. The molecule has 0 saturated carbocycles. The molecular weight excluding hydrogens is 552 g/mol. The molecule has 0 bridgehead atoms. The Labute approximate surface area is 250 Å². The number of carbonyl (C=O) groups is 5. The number of amides is 4. The van der Waals surface area contributed by atoms with Gasteiger partial charge in [-0.1, -0.05) is 68.8 Å². The summed E-state index contributed by atoms with van der Waals surface area (Å²) >= 11 is 0. The highest BCUT2D eigenvalue weighted by Crippen LogP contribution is 2.19. The maximum atomic E-state index is 13.6. The smallest absolute Gasteiger partial charge is 0.326 e. The monoisotopic (exact) mass is 592 g/mol. The second-order valence-corrected chi connectivity index (χ2v) is 10.7. The van der Waals surface area contributed by atoms with E-state index >= 15 is 0 Å². The quantitative estimate of drug-likeness (QED) is 0.129. The van der Waals surface area contributed by atoms with E-state index in [1.807, 2.05) is 61.5 Å². The van der Waals surface area contributed by atoms with Gasteiger partial charge in [-0.25, -0.2) is 4.79 Å². The molecule has 2 aromatic carbocycles. The molecule has 12 heteroatoms. The van der Waals surface area contributed by atoms with E-state index in [1.165, 1.54) is 0 Å². The van der Waals surface area contributed by atoms with Gasteiger partial charge < -0.3 is 37.5 Å². The van der Waals surface area contributed by atoms with E-state index in [2.05, 4.69) is 20.9 Å². The summed E-state index contributed by atoms with van der Waals surface area (Å²) in [4.78, 5) is 66.1. The van der Waals surface area contributed by atoms with Crippen molar-refractivity contribution in [1.82, 2.24) is 20.9 Å². The van der Waals surface area contributed by atoms with Gasteiger partial charge in [0.1, 0.15) is 18.1 Å². The number of nitrogens with one attached hydrogen (secondary N) is 4. The van der Waals surface area contributed by atoms with Crippen molar-refractivity contribution < 1.29 is 29.1 Å². The number of primary amides is 1. The summed E-state index contributed by atoms with van der Waals surface area (Å²) in [5.74, 6) is -4.30. The molecule has 9 N–H and O–H groups in total. The largest absolute Gasteiger partial charge is 0.480 e. The number of carbonyl (C=O) groups excluding carboxylic acids is 4. The fourth-order valence-corrected chi connectivity index (χ4v) is 4.73. The van der Waals surface area contributed by atoms with Gasteiger partial charge in [0.15, 0.2) is 0 Å². The number of para-hydroxylation sites is 1. The lowest BCUT2D eigenvalue weighted by Crippen LogP contribution is -2.59. The van der Waals surface area contributed by atoms with Gasteiger partial charge in [0.25, 0.3) is 0 Å². The number of aliphatic carboxylic acids is 1. The van der Waals surface area contributed by atoms with Crippen LogP contribution in [0, 0.1) is 5.92 Å². The van der Waals surface area contributed by atoms with Crippen molar-refractivity contribution in [2.75, 3.05) is 0 Å². The number of carboxylic acids is 1. The van der Waals surface area contributed by atoms with Crippen molar-refractivity contribution in [3.63, 3.8) is 0 Å². The second kappa shape index (κ2) is 15.5. The van der Waals surface area contributed by atoms with Gasteiger partial charge in [-0.2, -0.15) is 0 Å². The summed E-state index contributed by atoms with van der Waals surface area (Å²) in [6.45, 7) is 3.57. The van der Waals surface area contributed by atoms with Crippen molar-refractivity contribution in [1.29, 1.82) is 0 Å². The Kier molecular flexibility index (Phi) is 11.8. The van der Waals surface area contributed by atoms with Crippen LogP contribution in [0.2, 0.25) is 0 Å². The Morgan fingerprint density at radius 1 is 0.860 bits per heavy atom. The summed E-state index contributed by atoms with van der Waals surface area (Å²) < 4.78 is 0. The highest BCUT2D eigenvalue weighted by Gasteiger charge is 2.33. The molecule has 0 fully saturated rings. The molecule has 43 heavy (non-hydrogen) atoms. The number of hydrogen-bond acceptors (Lipinski definition) is 6. The van der Waals surface area contributed by atoms with Crippen molar-refractivity contribution in [3.05, 3.63) is 71.9 Å². The van der Waals surface area contributed by atoms with E-state index in [-0.39, 0.29) is 31.6 Å². The van der Waals surface area contributed by atoms with E-state index in [9.17, 15) is 29.1 Å². The number of nitrogens with two attached hydrogens (primary N) is 2. The molecule has 5 atom stereocenters. The molecule has 4 amide bonds. The molecule has 0 saturated heterocycles. The standard InChI is InChI=1S/C31H40N6O6/c1-3-18(2)27(30(41)35-24(31(42)43)13-14-26(33)38)37-29(40)25(15-19-9-5-4-6-10-19)36-28(39)22(32)16-20-17-34-23-12-8-7-11-21(20)23/h4-12,17-18,22,24-25,27,34H,3,13-16,32H2,1-2H3,(H2,33,38)(H,35,41)(H,36,39)(H,37,40)(H,42,43). The molecule has 3 aromatic rings. The van der Waals surface area contributed by atoms with E-state index in [1.54, 1.807) is 13.1 Å². The third kappa shape index (κ3) is 9.40. The fraction of sp³-hybridized carbons (Fsp3) is 0.387. The van der Waals surface area contributed by atoms with E-state index < -0.39 is 53.8 Å². The molecule has 0 aliphatic rings. The fourth-order valence-electron chi connectivity index (χ4n) is 4.73. The zero-order chi connectivity index (χ0) is 31.5. The zero-order valence-corrected chi connectivity index (χ0v) is 24.3. The molecule has 0 spiro atoms. The Morgan fingerprint density at radius 2 is 1.51 bits per heavy atom. The van der Waals surface area contributed by atoms with E-state index in [0.717, 1.165) is 22.0 Å². The second-order valence-electron chi connectivity index (χ2n) is 10.7. The lowest BCUT2D eigenvalue weighted by atomic mass is 9.96.